The number of nitrogens with one attached hydrogen (secondary N) is 3. The van der Waals surface area contributed by atoms with Gasteiger partial charge in [-0.25, -0.2) is 0 Å². The number of aliphatic hydroxyl groups is 1. The third-order valence-electron chi connectivity index (χ3n) is 4.16. The minimum atomic E-state index is -0.856. The minimum absolute atomic E-state index is 0.0782. The maximum absolute atomic E-state index is 12.5. The number of hydrogen-bond donors (Lipinski definition) is 4. The fourth-order valence-electron chi connectivity index (χ4n) is 2.80. The molecule has 5 atom stereocenters. The summed E-state index contributed by atoms with van der Waals surface area (Å²) in [6, 6.07) is 0. The Balaban J connectivity index is 1.90. The van der Waals surface area contributed by atoms with Crippen molar-refractivity contribution in [1.82, 2.24) is 15.5 Å². The van der Waals surface area contributed by atoms with Crippen molar-refractivity contribution < 1.29 is 24.2 Å². The van der Waals surface area contributed by atoms with Crippen LogP contribution in [0.1, 0.15) is 19.8 Å². The van der Waals surface area contributed by atoms with Crippen molar-refractivity contribution >= 4 is 52.4 Å². The number of rotatable bonds is 5. The van der Waals surface area contributed by atoms with Gasteiger partial charge in [-0.05, 0) is 18.2 Å². The molecule has 0 aromatic rings. The first-order valence-corrected chi connectivity index (χ1v) is 9.85. The van der Waals surface area contributed by atoms with Crippen molar-refractivity contribution in [1.29, 1.82) is 5.41 Å². The predicted octanol–water partition coefficient (Wildman–Crippen LogP) is -0.322. The van der Waals surface area contributed by atoms with E-state index in [1.165, 1.54) is 23.7 Å². The van der Waals surface area contributed by atoms with E-state index < -0.39 is 39.4 Å². The van der Waals surface area contributed by atoms with Crippen molar-refractivity contribution in [2.45, 2.75) is 48.0 Å². The molecule has 10 nitrogen and oxygen atoms in total. The van der Waals surface area contributed by atoms with E-state index in [4.69, 9.17) is 10.1 Å². The summed E-state index contributed by atoms with van der Waals surface area (Å²) >= 11 is 2.07. The standard InChI is InChI=1S/C14H19N5O5S2/c1-3-5(20)12-24-11(6(25-12)4-7(21)16-2)19-9-8(26-14(19)23)10(22)18-13(15)17-9/h5-6,8,11-12,20H,3-4H2,1-2H3,(H,16,21)(H2,15,18,22)/t5-,6-,8?,11+,12?/m0/s1. The number of fused-ring (bicyclic) bond motifs is 1. The van der Waals surface area contributed by atoms with Crippen LogP contribution < -0.4 is 10.6 Å². The predicted molar refractivity (Wildman–Crippen MR) is 96.9 cm³/mol. The molecule has 2 saturated heterocycles. The SMILES string of the molecule is CC[C@H](O)C1O[C@@H](N2C(=O)SC3C(=O)NC(=N)N=C32)[C@H](CC(=O)NC)S1. The molecule has 142 valence electrons. The normalized spacial score (nSPS) is 32.2. The number of ether oxygens (including phenoxy) is 1. The molecule has 2 fully saturated rings. The maximum atomic E-state index is 12.5. The van der Waals surface area contributed by atoms with E-state index in [0.29, 0.717) is 6.42 Å². The van der Waals surface area contributed by atoms with Gasteiger partial charge in [-0.2, -0.15) is 4.99 Å². The molecule has 0 aliphatic carbocycles. The van der Waals surface area contributed by atoms with E-state index >= 15 is 0 Å². The lowest BCUT2D eigenvalue weighted by atomic mass is 10.2. The molecular weight excluding hydrogens is 382 g/mol. The number of amidine groups is 1. The number of nitrogens with zero attached hydrogens (tertiary/aromatic N) is 2. The van der Waals surface area contributed by atoms with Gasteiger partial charge in [-0.1, -0.05) is 6.92 Å². The molecule has 2 unspecified atom stereocenters. The minimum Gasteiger partial charge on any atom is -0.390 e. The lowest BCUT2D eigenvalue weighted by molar-refractivity contribution is -0.122. The molecule has 0 spiro atoms. The highest BCUT2D eigenvalue weighted by Crippen LogP contribution is 2.43. The van der Waals surface area contributed by atoms with E-state index in [9.17, 15) is 19.5 Å². The first-order valence-electron chi connectivity index (χ1n) is 8.03. The van der Waals surface area contributed by atoms with Crippen LogP contribution in [0.3, 0.4) is 0 Å². The quantitative estimate of drug-likeness (QED) is 0.494. The van der Waals surface area contributed by atoms with Crippen LogP contribution >= 0.6 is 23.5 Å². The molecule has 3 aliphatic rings. The number of hydrogen-bond acceptors (Lipinski definition) is 8. The number of amides is 3. The van der Waals surface area contributed by atoms with Gasteiger partial charge in [0, 0.05) is 13.5 Å². The van der Waals surface area contributed by atoms with E-state index in [0.717, 1.165) is 11.8 Å². The number of guanidine groups is 1. The van der Waals surface area contributed by atoms with Gasteiger partial charge < -0.3 is 15.2 Å². The highest BCUT2D eigenvalue weighted by atomic mass is 32.2. The smallest absolute Gasteiger partial charge is 0.290 e. The fraction of sp³-hybridized carbons (Fsp3) is 0.643. The molecule has 0 saturated carbocycles. The molecule has 3 rings (SSSR count). The Morgan fingerprint density at radius 3 is 2.92 bits per heavy atom. The second kappa shape index (κ2) is 7.55. The fourth-order valence-corrected chi connectivity index (χ4v) is 5.22. The molecular formula is C14H19N5O5S2. The summed E-state index contributed by atoms with van der Waals surface area (Å²) in [4.78, 5) is 41.7. The average Bonchev–Trinajstić information content (AvgIpc) is 3.14. The summed E-state index contributed by atoms with van der Waals surface area (Å²) in [5.41, 5.74) is -0.603. The topological polar surface area (TPSA) is 144 Å². The number of thioether (sulfide) groups is 2. The Morgan fingerprint density at radius 1 is 1.54 bits per heavy atom. The highest BCUT2D eigenvalue weighted by molar-refractivity contribution is 8.16. The third-order valence-corrected chi connectivity index (χ3v) is 6.66. The highest BCUT2D eigenvalue weighted by Gasteiger charge is 2.53. The van der Waals surface area contributed by atoms with Gasteiger partial charge in [0.25, 0.3) is 5.24 Å². The molecule has 26 heavy (non-hydrogen) atoms. The van der Waals surface area contributed by atoms with Crippen molar-refractivity contribution in [3.63, 3.8) is 0 Å². The zero-order chi connectivity index (χ0) is 19.0. The van der Waals surface area contributed by atoms with Gasteiger partial charge in [0.2, 0.25) is 17.8 Å². The molecule has 3 aliphatic heterocycles. The summed E-state index contributed by atoms with van der Waals surface area (Å²) in [5, 5.41) is 20.8. The summed E-state index contributed by atoms with van der Waals surface area (Å²) in [7, 11) is 1.51. The van der Waals surface area contributed by atoms with Gasteiger partial charge >= 0.3 is 0 Å². The number of carbonyl (C=O) groups is 3. The molecule has 12 heteroatoms. The monoisotopic (exact) mass is 401 g/mol. The van der Waals surface area contributed by atoms with E-state index in [2.05, 4.69) is 15.6 Å². The summed E-state index contributed by atoms with van der Waals surface area (Å²) in [5.74, 6) is -0.928. The summed E-state index contributed by atoms with van der Waals surface area (Å²) in [6.45, 7) is 1.81. The molecule has 0 aromatic carbocycles. The van der Waals surface area contributed by atoms with Crippen molar-refractivity contribution in [3.05, 3.63) is 0 Å². The van der Waals surface area contributed by atoms with Gasteiger partial charge in [-0.15, -0.1) is 11.8 Å². The van der Waals surface area contributed by atoms with Crippen LogP contribution in [0.25, 0.3) is 0 Å². The van der Waals surface area contributed by atoms with Gasteiger partial charge in [0.15, 0.2) is 11.5 Å². The van der Waals surface area contributed by atoms with Crippen LogP contribution in [-0.2, 0) is 14.3 Å². The average molecular weight is 401 g/mol. The van der Waals surface area contributed by atoms with Crippen LogP contribution in [0.15, 0.2) is 4.99 Å². The number of aliphatic imine (C=N–C) groups is 1. The zero-order valence-corrected chi connectivity index (χ0v) is 15.7. The second-order valence-electron chi connectivity index (χ2n) is 5.86. The van der Waals surface area contributed by atoms with Gasteiger partial charge in [0.05, 0.1) is 11.4 Å². The molecule has 4 N–H and O–H groups in total. The Bertz CT molecular complexity index is 687. The third kappa shape index (κ3) is 3.46. The Morgan fingerprint density at radius 2 is 2.27 bits per heavy atom. The van der Waals surface area contributed by atoms with Crippen molar-refractivity contribution in [2.24, 2.45) is 4.99 Å². The first-order chi connectivity index (χ1) is 12.3. The van der Waals surface area contributed by atoms with E-state index in [1.807, 2.05) is 0 Å². The lowest BCUT2D eigenvalue weighted by Gasteiger charge is -2.29. The van der Waals surface area contributed by atoms with Crippen LogP contribution in [0.5, 0.6) is 0 Å². The molecule has 0 bridgehead atoms. The van der Waals surface area contributed by atoms with Crippen LogP contribution in [0.2, 0.25) is 0 Å². The Kier molecular flexibility index (Phi) is 5.55. The Hall–Kier alpha value is -1.63. The van der Waals surface area contributed by atoms with Crippen LogP contribution in [0, 0.1) is 5.41 Å². The zero-order valence-electron chi connectivity index (χ0n) is 14.1. The van der Waals surface area contributed by atoms with Crippen LogP contribution in [0.4, 0.5) is 4.79 Å². The summed E-state index contributed by atoms with van der Waals surface area (Å²) < 4.78 is 5.89. The van der Waals surface area contributed by atoms with Crippen LogP contribution in [-0.4, -0.2) is 74.2 Å². The van der Waals surface area contributed by atoms with E-state index in [1.54, 1.807) is 6.92 Å². The number of carbonyl (C=O) groups excluding carboxylic acids is 3. The second-order valence-corrected chi connectivity index (χ2v) is 8.26. The molecule has 3 heterocycles. The van der Waals surface area contributed by atoms with Gasteiger partial charge in [-0.3, -0.25) is 30.0 Å². The maximum Gasteiger partial charge on any atom is 0.290 e. The first kappa shape index (κ1) is 19.1. The molecule has 0 aromatic heterocycles. The summed E-state index contributed by atoms with van der Waals surface area (Å²) in [6.07, 6.45) is -1.08. The number of aliphatic hydroxyl groups excluding tert-OH is 1. The lowest BCUT2D eigenvalue weighted by Crippen LogP contribution is -2.52. The van der Waals surface area contributed by atoms with Crippen molar-refractivity contribution in [3.8, 4) is 0 Å². The Labute approximate surface area is 158 Å². The molecule has 0 radical (unpaired) electrons. The molecule has 3 amide bonds. The van der Waals surface area contributed by atoms with E-state index in [-0.39, 0.29) is 24.1 Å². The van der Waals surface area contributed by atoms with Gasteiger partial charge in [0.1, 0.15) is 11.3 Å². The largest absolute Gasteiger partial charge is 0.390 e. The van der Waals surface area contributed by atoms with Crippen molar-refractivity contribution in [2.75, 3.05) is 7.05 Å².